The minimum Gasteiger partial charge on any atom is -0.385 e. The molecule has 0 radical (unpaired) electrons. The Kier molecular flexibility index (Phi) is 9.33. The van der Waals surface area contributed by atoms with Crippen molar-refractivity contribution in [1.29, 1.82) is 0 Å². The lowest BCUT2D eigenvalue weighted by atomic mass is 9.64. The molecule has 2 aliphatic rings. The number of rotatable bonds is 10. The number of ether oxygens (including phenoxy) is 2. The number of likely N-dealkylation sites (tertiary alicyclic amines) is 1. The molecule has 1 saturated heterocycles. The standard InChI is InChI=1S/C21H42N4O2/c1-6-7-15-27-19-16-18(21(19,2)3)24-20(22-4)23-17-9-12-25(13-10-17)11-8-14-26-5/h17-19H,6-16H2,1-5H3,(H2,22,23,24). The molecule has 0 aromatic rings. The summed E-state index contributed by atoms with van der Waals surface area (Å²) in [6.07, 6.45) is 7.23. The van der Waals surface area contributed by atoms with Gasteiger partial charge in [-0.25, -0.2) is 0 Å². The fourth-order valence-electron chi connectivity index (χ4n) is 4.05. The molecule has 6 heteroatoms. The van der Waals surface area contributed by atoms with Gasteiger partial charge < -0.3 is 25.0 Å². The first-order valence-electron chi connectivity index (χ1n) is 10.8. The van der Waals surface area contributed by atoms with Crippen molar-refractivity contribution in [1.82, 2.24) is 15.5 Å². The summed E-state index contributed by atoms with van der Waals surface area (Å²) in [5.74, 6) is 0.943. The molecule has 2 rings (SSSR count). The Bertz CT molecular complexity index is 447. The molecule has 1 heterocycles. The molecule has 2 atom stereocenters. The average molecular weight is 383 g/mol. The van der Waals surface area contributed by atoms with Crippen LogP contribution in [0.3, 0.4) is 0 Å². The molecule has 1 aliphatic carbocycles. The molecule has 0 aromatic heterocycles. The Morgan fingerprint density at radius 1 is 1.15 bits per heavy atom. The predicted octanol–water partition coefficient (Wildman–Crippen LogP) is 2.64. The van der Waals surface area contributed by atoms with Crippen molar-refractivity contribution < 1.29 is 9.47 Å². The number of hydrogen-bond donors (Lipinski definition) is 2. The van der Waals surface area contributed by atoms with Gasteiger partial charge in [-0.2, -0.15) is 0 Å². The van der Waals surface area contributed by atoms with Crippen LogP contribution in [0.25, 0.3) is 0 Å². The van der Waals surface area contributed by atoms with Gasteiger partial charge in [0, 0.05) is 64.5 Å². The number of guanidine groups is 1. The molecule has 158 valence electrons. The van der Waals surface area contributed by atoms with Gasteiger partial charge >= 0.3 is 0 Å². The highest BCUT2D eigenvalue weighted by Crippen LogP contribution is 2.42. The van der Waals surface area contributed by atoms with E-state index in [0.29, 0.717) is 18.2 Å². The van der Waals surface area contributed by atoms with Crippen LogP contribution < -0.4 is 10.6 Å². The van der Waals surface area contributed by atoms with Crippen LogP contribution in [0.15, 0.2) is 4.99 Å². The number of piperidine rings is 1. The zero-order chi connectivity index (χ0) is 19.7. The summed E-state index contributed by atoms with van der Waals surface area (Å²) in [7, 11) is 3.65. The zero-order valence-corrected chi connectivity index (χ0v) is 18.2. The van der Waals surface area contributed by atoms with E-state index in [4.69, 9.17) is 9.47 Å². The minimum absolute atomic E-state index is 0.149. The van der Waals surface area contributed by atoms with Crippen molar-refractivity contribution >= 4 is 5.96 Å². The Labute approximate surface area is 166 Å². The molecule has 2 unspecified atom stereocenters. The Hall–Kier alpha value is -0.850. The summed E-state index contributed by atoms with van der Waals surface area (Å²) in [6.45, 7) is 12.0. The number of hydrogen-bond acceptors (Lipinski definition) is 4. The number of aliphatic imine (C=N–C) groups is 1. The van der Waals surface area contributed by atoms with Crippen LogP contribution in [0.2, 0.25) is 0 Å². The topological polar surface area (TPSA) is 58.1 Å². The van der Waals surface area contributed by atoms with Gasteiger partial charge in [0.05, 0.1) is 6.10 Å². The van der Waals surface area contributed by atoms with Crippen LogP contribution in [0.1, 0.15) is 59.3 Å². The SMILES string of the molecule is CCCCOC1CC(NC(=NC)NC2CCN(CCCOC)CC2)C1(C)C. The van der Waals surface area contributed by atoms with E-state index in [1.807, 2.05) is 7.05 Å². The summed E-state index contributed by atoms with van der Waals surface area (Å²) >= 11 is 0. The third-order valence-electron chi connectivity index (χ3n) is 6.28. The van der Waals surface area contributed by atoms with Gasteiger partial charge in [-0.15, -0.1) is 0 Å². The second-order valence-corrected chi connectivity index (χ2v) is 8.65. The summed E-state index contributed by atoms with van der Waals surface area (Å²) in [4.78, 5) is 7.02. The highest BCUT2D eigenvalue weighted by molar-refractivity contribution is 5.80. The van der Waals surface area contributed by atoms with Crippen LogP contribution in [0, 0.1) is 5.41 Å². The maximum atomic E-state index is 6.07. The number of methoxy groups -OCH3 is 1. The van der Waals surface area contributed by atoms with Crippen LogP contribution in [0.5, 0.6) is 0 Å². The molecule has 0 bridgehead atoms. The third kappa shape index (κ3) is 6.61. The molecule has 1 saturated carbocycles. The predicted molar refractivity (Wildman–Crippen MR) is 112 cm³/mol. The Morgan fingerprint density at radius 2 is 1.89 bits per heavy atom. The van der Waals surface area contributed by atoms with Crippen LogP contribution in [0.4, 0.5) is 0 Å². The maximum Gasteiger partial charge on any atom is 0.191 e. The van der Waals surface area contributed by atoms with Crippen molar-refractivity contribution in [2.45, 2.75) is 77.5 Å². The van der Waals surface area contributed by atoms with E-state index in [1.165, 1.54) is 19.3 Å². The van der Waals surface area contributed by atoms with Crippen molar-refractivity contribution in [2.75, 3.05) is 47.0 Å². The van der Waals surface area contributed by atoms with E-state index in [9.17, 15) is 0 Å². The summed E-state index contributed by atoms with van der Waals surface area (Å²) in [5, 5.41) is 7.29. The van der Waals surface area contributed by atoms with Gasteiger partial charge in [0.15, 0.2) is 5.96 Å². The van der Waals surface area contributed by atoms with Crippen LogP contribution >= 0.6 is 0 Å². The molecule has 0 aromatic carbocycles. The molecule has 0 spiro atoms. The average Bonchev–Trinajstić information content (AvgIpc) is 2.67. The first-order chi connectivity index (χ1) is 13.0. The van der Waals surface area contributed by atoms with E-state index >= 15 is 0 Å². The fraction of sp³-hybridized carbons (Fsp3) is 0.952. The highest BCUT2D eigenvalue weighted by atomic mass is 16.5. The quantitative estimate of drug-likeness (QED) is 0.346. The second-order valence-electron chi connectivity index (χ2n) is 8.65. The molecule has 2 N–H and O–H groups in total. The maximum absolute atomic E-state index is 6.07. The van der Waals surface area contributed by atoms with Crippen molar-refractivity contribution in [2.24, 2.45) is 10.4 Å². The Balaban J connectivity index is 1.69. The Morgan fingerprint density at radius 3 is 2.48 bits per heavy atom. The van der Waals surface area contributed by atoms with E-state index in [1.54, 1.807) is 7.11 Å². The van der Waals surface area contributed by atoms with Gasteiger partial charge in [-0.1, -0.05) is 27.2 Å². The molecular weight excluding hydrogens is 340 g/mol. The lowest BCUT2D eigenvalue weighted by molar-refractivity contribution is -0.113. The van der Waals surface area contributed by atoms with Crippen molar-refractivity contribution in [3.05, 3.63) is 0 Å². The molecular formula is C21H42N4O2. The number of nitrogens with one attached hydrogen (secondary N) is 2. The van der Waals surface area contributed by atoms with Crippen LogP contribution in [-0.4, -0.2) is 76.1 Å². The van der Waals surface area contributed by atoms with Crippen molar-refractivity contribution in [3.8, 4) is 0 Å². The minimum atomic E-state index is 0.149. The lowest BCUT2D eigenvalue weighted by Gasteiger charge is -2.52. The first-order valence-corrected chi connectivity index (χ1v) is 10.8. The van der Waals surface area contributed by atoms with Crippen molar-refractivity contribution in [3.63, 3.8) is 0 Å². The smallest absolute Gasteiger partial charge is 0.191 e. The van der Waals surface area contributed by atoms with Gasteiger partial charge in [-0.3, -0.25) is 4.99 Å². The monoisotopic (exact) mass is 382 g/mol. The summed E-state index contributed by atoms with van der Waals surface area (Å²) < 4.78 is 11.2. The van der Waals surface area contributed by atoms with Gasteiger partial charge in [0.25, 0.3) is 0 Å². The fourth-order valence-corrected chi connectivity index (χ4v) is 4.05. The molecule has 6 nitrogen and oxygen atoms in total. The van der Waals surface area contributed by atoms with E-state index < -0.39 is 0 Å². The van der Waals surface area contributed by atoms with Gasteiger partial charge in [0.2, 0.25) is 0 Å². The molecule has 0 amide bonds. The zero-order valence-electron chi connectivity index (χ0n) is 18.2. The second kappa shape index (κ2) is 11.2. The lowest BCUT2D eigenvalue weighted by Crippen LogP contribution is -2.64. The van der Waals surface area contributed by atoms with E-state index in [-0.39, 0.29) is 5.41 Å². The third-order valence-corrected chi connectivity index (χ3v) is 6.28. The first kappa shape index (κ1) is 22.4. The van der Waals surface area contributed by atoms with Gasteiger partial charge in [-0.05, 0) is 32.1 Å². The molecule has 2 fully saturated rings. The number of nitrogens with zero attached hydrogens (tertiary/aromatic N) is 2. The van der Waals surface area contributed by atoms with E-state index in [0.717, 1.165) is 58.1 Å². The summed E-state index contributed by atoms with van der Waals surface area (Å²) in [5.41, 5.74) is 0.149. The van der Waals surface area contributed by atoms with E-state index in [2.05, 4.69) is 41.3 Å². The highest BCUT2D eigenvalue weighted by Gasteiger charge is 2.49. The number of unbranched alkanes of at least 4 members (excludes halogenated alkanes) is 1. The normalized spacial score (nSPS) is 26.6. The van der Waals surface area contributed by atoms with Gasteiger partial charge in [0.1, 0.15) is 0 Å². The largest absolute Gasteiger partial charge is 0.385 e. The molecule has 1 aliphatic heterocycles. The summed E-state index contributed by atoms with van der Waals surface area (Å²) in [6, 6.07) is 0.930. The van der Waals surface area contributed by atoms with Crippen LogP contribution in [-0.2, 0) is 9.47 Å². The molecule has 27 heavy (non-hydrogen) atoms.